The highest BCUT2D eigenvalue weighted by Gasteiger charge is 2.58. The zero-order chi connectivity index (χ0) is 11.3. The van der Waals surface area contributed by atoms with Crippen molar-refractivity contribution in [2.24, 2.45) is 17.8 Å². The van der Waals surface area contributed by atoms with Crippen molar-refractivity contribution in [3.05, 3.63) is 12.7 Å². The second-order valence-electron chi connectivity index (χ2n) is 5.74. The van der Waals surface area contributed by atoms with Crippen molar-refractivity contribution >= 4 is 5.97 Å². The van der Waals surface area contributed by atoms with E-state index in [2.05, 4.69) is 6.58 Å². The highest BCUT2D eigenvalue weighted by atomic mass is 16.6. The van der Waals surface area contributed by atoms with Crippen LogP contribution in [0.5, 0.6) is 0 Å². The van der Waals surface area contributed by atoms with Gasteiger partial charge < -0.3 is 9.84 Å². The molecule has 0 amide bonds. The van der Waals surface area contributed by atoms with Crippen LogP contribution < -0.4 is 0 Å². The molecule has 88 valence electrons. The minimum Gasteiger partial charge on any atom is -0.453 e. The zero-order valence-corrected chi connectivity index (χ0v) is 9.39. The first-order valence-electron chi connectivity index (χ1n) is 6.16. The average Bonchev–Trinajstić information content (AvgIpc) is 2.24. The average molecular weight is 222 g/mol. The summed E-state index contributed by atoms with van der Waals surface area (Å²) >= 11 is 0. The lowest BCUT2D eigenvalue weighted by Crippen LogP contribution is -2.62. The lowest BCUT2D eigenvalue weighted by atomic mass is 9.53. The second kappa shape index (κ2) is 3.33. The first kappa shape index (κ1) is 10.3. The number of aliphatic hydroxyl groups is 1. The molecule has 0 aliphatic heterocycles. The molecule has 4 saturated carbocycles. The number of hydrogen-bond donors (Lipinski definition) is 1. The predicted octanol–water partition coefficient (Wildman–Crippen LogP) is 1.66. The number of hydrogen-bond acceptors (Lipinski definition) is 3. The van der Waals surface area contributed by atoms with Crippen LogP contribution in [0.4, 0.5) is 0 Å². The zero-order valence-electron chi connectivity index (χ0n) is 9.39. The summed E-state index contributed by atoms with van der Waals surface area (Å²) in [6.07, 6.45) is 5.93. The Hall–Kier alpha value is -0.830. The Morgan fingerprint density at radius 3 is 2.50 bits per heavy atom. The molecule has 0 radical (unpaired) electrons. The molecule has 0 aromatic carbocycles. The van der Waals surface area contributed by atoms with Gasteiger partial charge in [0.2, 0.25) is 0 Å². The number of carbonyl (C=O) groups is 1. The van der Waals surface area contributed by atoms with Crippen LogP contribution in [-0.4, -0.2) is 22.8 Å². The Morgan fingerprint density at radius 2 is 1.94 bits per heavy atom. The Bertz CT molecular complexity index is 322. The van der Waals surface area contributed by atoms with E-state index in [-0.39, 0.29) is 5.97 Å². The lowest BCUT2D eigenvalue weighted by Gasteiger charge is -2.58. The van der Waals surface area contributed by atoms with E-state index in [9.17, 15) is 9.90 Å². The van der Waals surface area contributed by atoms with Crippen LogP contribution in [0.15, 0.2) is 12.7 Å². The van der Waals surface area contributed by atoms with Crippen molar-refractivity contribution in [2.75, 3.05) is 0 Å². The molecule has 4 rings (SSSR count). The molecular weight excluding hydrogens is 204 g/mol. The molecule has 3 atom stereocenters. The van der Waals surface area contributed by atoms with Gasteiger partial charge >= 0.3 is 5.97 Å². The molecule has 0 spiro atoms. The van der Waals surface area contributed by atoms with Gasteiger partial charge in [0, 0.05) is 6.08 Å². The van der Waals surface area contributed by atoms with Gasteiger partial charge in [0.25, 0.3) is 0 Å². The third-order valence-electron chi connectivity index (χ3n) is 4.66. The molecule has 0 aromatic heterocycles. The van der Waals surface area contributed by atoms with Gasteiger partial charge in [0.1, 0.15) is 5.60 Å². The van der Waals surface area contributed by atoms with Crippen LogP contribution in [0.3, 0.4) is 0 Å². The Balaban J connectivity index is 1.87. The van der Waals surface area contributed by atoms with Gasteiger partial charge in [-0.2, -0.15) is 0 Å². The highest BCUT2D eigenvalue weighted by Crippen LogP contribution is 2.57. The minimum absolute atomic E-state index is 0.351. The number of rotatable bonds is 2. The van der Waals surface area contributed by atoms with Crippen LogP contribution in [0.25, 0.3) is 0 Å². The maximum Gasteiger partial charge on any atom is 0.330 e. The van der Waals surface area contributed by atoms with Crippen molar-refractivity contribution in [2.45, 2.75) is 43.8 Å². The number of esters is 1. The molecule has 4 aliphatic carbocycles. The quantitative estimate of drug-likeness (QED) is 0.571. The summed E-state index contributed by atoms with van der Waals surface area (Å²) in [5.41, 5.74) is -0.583. The largest absolute Gasteiger partial charge is 0.453 e. The van der Waals surface area contributed by atoms with Gasteiger partial charge in [-0.1, -0.05) is 6.58 Å². The maximum absolute atomic E-state index is 11.4. The van der Waals surface area contributed by atoms with Gasteiger partial charge in [-0.05, 0) is 49.9 Å². The van der Waals surface area contributed by atoms with Gasteiger partial charge in [0.15, 0.2) is 0 Å². The van der Waals surface area contributed by atoms with E-state index in [1.54, 1.807) is 0 Å². The van der Waals surface area contributed by atoms with Crippen molar-refractivity contribution < 1.29 is 14.6 Å². The molecule has 0 aromatic rings. The van der Waals surface area contributed by atoms with E-state index in [0.717, 1.165) is 25.7 Å². The van der Waals surface area contributed by atoms with Gasteiger partial charge in [0.05, 0.1) is 6.10 Å². The van der Waals surface area contributed by atoms with Crippen molar-refractivity contribution in [1.29, 1.82) is 0 Å². The van der Waals surface area contributed by atoms with Crippen molar-refractivity contribution in [3.63, 3.8) is 0 Å². The Labute approximate surface area is 95.5 Å². The van der Waals surface area contributed by atoms with Crippen LogP contribution >= 0.6 is 0 Å². The van der Waals surface area contributed by atoms with Gasteiger partial charge in [-0.25, -0.2) is 4.79 Å². The fourth-order valence-corrected chi connectivity index (χ4v) is 4.32. The third kappa shape index (κ3) is 1.34. The van der Waals surface area contributed by atoms with Crippen LogP contribution in [0.2, 0.25) is 0 Å². The molecule has 3 nitrogen and oxygen atoms in total. The summed E-state index contributed by atoms with van der Waals surface area (Å²) in [5.74, 6) is 1.27. The van der Waals surface area contributed by atoms with E-state index in [4.69, 9.17) is 4.74 Å². The number of carbonyl (C=O) groups excluding carboxylic acids is 1. The van der Waals surface area contributed by atoms with E-state index in [1.807, 2.05) is 0 Å². The molecule has 4 aliphatic rings. The van der Waals surface area contributed by atoms with Gasteiger partial charge in [-0.3, -0.25) is 0 Å². The summed E-state index contributed by atoms with van der Waals surface area (Å²) in [6.45, 7) is 3.43. The Kier molecular flexibility index (Phi) is 2.15. The standard InChI is InChI=1S/C13H18O3/c1-2-11(14)16-13-6-8-3-9(7-13)5-10(4-8)12(13)15/h2,8-10,12,15H,1,3-7H2. The second-order valence-corrected chi connectivity index (χ2v) is 5.74. The molecule has 1 N–H and O–H groups in total. The molecule has 3 unspecified atom stereocenters. The first-order valence-corrected chi connectivity index (χ1v) is 6.16. The summed E-state index contributed by atoms with van der Waals surface area (Å²) in [4.78, 5) is 11.4. The predicted molar refractivity (Wildman–Crippen MR) is 58.6 cm³/mol. The van der Waals surface area contributed by atoms with Crippen LogP contribution in [-0.2, 0) is 9.53 Å². The highest BCUT2D eigenvalue weighted by molar-refractivity contribution is 5.81. The fourth-order valence-electron chi connectivity index (χ4n) is 4.32. The minimum atomic E-state index is -0.583. The van der Waals surface area contributed by atoms with Gasteiger partial charge in [-0.15, -0.1) is 0 Å². The maximum atomic E-state index is 11.4. The first-order chi connectivity index (χ1) is 7.63. The van der Waals surface area contributed by atoms with Crippen LogP contribution in [0.1, 0.15) is 32.1 Å². The third-order valence-corrected chi connectivity index (χ3v) is 4.66. The topological polar surface area (TPSA) is 46.5 Å². The molecule has 0 heterocycles. The SMILES string of the molecule is C=CC(=O)OC12CC3CC(CC(C3)C1O)C2. The smallest absolute Gasteiger partial charge is 0.330 e. The molecule has 4 bridgehead atoms. The summed E-state index contributed by atoms with van der Waals surface area (Å²) in [7, 11) is 0. The fraction of sp³-hybridized carbons (Fsp3) is 0.769. The monoisotopic (exact) mass is 222 g/mol. The number of ether oxygens (including phenoxy) is 1. The molecule has 4 fully saturated rings. The van der Waals surface area contributed by atoms with E-state index in [0.29, 0.717) is 17.8 Å². The van der Waals surface area contributed by atoms with E-state index < -0.39 is 11.7 Å². The van der Waals surface area contributed by atoms with E-state index in [1.165, 1.54) is 12.5 Å². The Morgan fingerprint density at radius 1 is 1.31 bits per heavy atom. The van der Waals surface area contributed by atoms with Crippen LogP contribution in [0, 0.1) is 17.8 Å². The summed E-state index contributed by atoms with van der Waals surface area (Å²) in [6, 6.07) is 0. The lowest BCUT2D eigenvalue weighted by molar-refractivity contribution is -0.224. The normalized spacial score (nSPS) is 49.1. The van der Waals surface area contributed by atoms with E-state index >= 15 is 0 Å². The summed E-state index contributed by atoms with van der Waals surface area (Å²) < 4.78 is 5.51. The molecule has 0 saturated heterocycles. The van der Waals surface area contributed by atoms with Crippen molar-refractivity contribution in [3.8, 4) is 0 Å². The number of aliphatic hydroxyl groups excluding tert-OH is 1. The molecule has 16 heavy (non-hydrogen) atoms. The summed E-state index contributed by atoms with van der Waals surface area (Å²) in [5, 5.41) is 10.3. The molecular formula is C13H18O3. The molecule has 3 heteroatoms. The van der Waals surface area contributed by atoms with Crippen molar-refractivity contribution in [1.82, 2.24) is 0 Å².